The molecule has 4 rings (SSSR count). The second-order valence-corrected chi connectivity index (χ2v) is 8.73. The molecule has 0 radical (unpaired) electrons. The summed E-state index contributed by atoms with van der Waals surface area (Å²) in [6, 6.07) is 12.6. The number of methoxy groups -OCH3 is 1. The number of nitrogens with zero attached hydrogens (tertiary/aromatic N) is 2. The minimum atomic E-state index is -1.06. The maximum absolute atomic E-state index is 13.3. The molecule has 2 aliphatic heterocycles. The molecule has 0 bridgehead atoms. The summed E-state index contributed by atoms with van der Waals surface area (Å²) in [6.45, 7) is 2.60. The quantitative estimate of drug-likeness (QED) is 0.519. The van der Waals surface area contributed by atoms with Gasteiger partial charge in [-0.05, 0) is 36.4 Å². The van der Waals surface area contributed by atoms with Crippen LogP contribution in [0.3, 0.4) is 0 Å². The van der Waals surface area contributed by atoms with E-state index in [1.165, 1.54) is 24.3 Å². The van der Waals surface area contributed by atoms with Crippen molar-refractivity contribution in [2.75, 3.05) is 66.3 Å². The van der Waals surface area contributed by atoms with Crippen LogP contribution in [0.2, 0.25) is 0 Å². The van der Waals surface area contributed by atoms with Gasteiger partial charge in [-0.2, -0.15) is 0 Å². The van der Waals surface area contributed by atoms with E-state index in [1.54, 1.807) is 41.2 Å². The molecule has 0 aromatic heterocycles. The van der Waals surface area contributed by atoms with Crippen LogP contribution >= 0.6 is 0 Å². The van der Waals surface area contributed by atoms with E-state index in [-0.39, 0.29) is 50.4 Å². The molecule has 2 amide bonds. The summed E-state index contributed by atoms with van der Waals surface area (Å²) < 4.78 is 41.6. The number of benzene rings is 2. The van der Waals surface area contributed by atoms with Crippen LogP contribution in [0.25, 0.3) is 0 Å². The van der Waals surface area contributed by atoms with Crippen molar-refractivity contribution in [3.8, 4) is 17.2 Å². The van der Waals surface area contributed by atoms with E-state index in [0.29, 0.717) is 50.1 Å². The molecule has 2 aliphatic rings. The van der Waals surface area contributed by atoms with Crippen molar-refractivity contribution < 1.29 is 37.7 Å². The molecule has 2 fully saturated rings. The Balaban J connectivity index is 1.44. The number of rotatable bonds is 9. The Morgan fingerprint density at radius 3 is 2.39 bits per heavy atom. The summed E-state index contributed by atoms with van der Waals surface area (Å²) >= 11 is 0. The van der Waals surface area contributed by atoms with Crippen molar-refractivity contribution in [3.63, 3.8) is 0 Å². The van der Waals surface area contributed by atoms with Gasteiger partial charge in [-0.15, -0.1) is 0 Å². The zero-order valence-corrected chi connectivity index (χ0v) is 20.3. The highest BCUT2D eigenvalue weighted by Crippen LogP contribution is 2.26. The van der Waals surface area contributed by atoms with Crippen LogP contribution in [-0.4, -0.2) is 93.5 Å². The molecule has 2 heterocycles. The molecule has 36 heavy (non-hydrogen) atoms. The van der Waals surface area contributed by atoms with E-state index in [0.717, 1.165) is 0 Å². The largest absolute Gasteiger partial charge is 0.497 e. The molecule has 9 nitrogen and oxygen atoms in total. The molecule has 10 heteroatoms. The van der Waals surface area contributed by atoms with E-state index in [4.69, 9.17) is 23.7 Å². The summed E-state index contributed by atoms with van der Waals surface area (Å²) in [5.74, 6) is 0.896. The highest BCUT2D eigenvalue weighted by atomic mass is 19.1. The van der Waals surface area contributed by atoms with Crippen molar-refractivity contribution in [3.05, 3.63) is 54.3 Å². The van der Waals surface area contributed by atoms with E-state index in [2.05, 4.69) is 0 Å². The first-order chi connectivity index (χ1) is 17.5. The first-order valence-electron chi connectivity index (χ1n) is 11.9. The minimum absolute atomic E-state index is 0.0230. The number of amides is 2. The van der Waals surface area contributed by atoms with Gasteiger partial charge < -0.3 is 33.5 Å². The van der Waals surface area contributed by atoms with E-state index < -0.39 is 5.60 Å². The Morgan fingerprint density at radius 1 is 0.917 bits per heavy atom. The van der Waals surface area contributed by atoms with Crippen LogP contribution in [0.1, 0.15) is 6.42 Å². The molecule has 2 aromatic carbocycles. The van der Waals surface area contributed by atoms with Crippen molar-refractivity contribution in [2.24, 2.45) is 0 Å². The second-order valence-electron chi connectivity index (χ2n) is 8.73. The number of hydrogen-bond donors (Lipinski definition) is 0. The molecule has 0 spiro atoms. The lowest BCUT2D eigenvalue weighted by Gasteiger charge is -2.43. The Hall–Kier alpha value is -3.37. The zero-order valence-electron chi connectivity index (χ0n) is 20.3. The number of hydrogen-bond acceptors (Lipinski definition) is 7. The number of carbonyl (C=O) groups is 2. The van der Waals surface area contributed by atoms with Gasteiger partial charge in [-0.25, -0.2) is 4.39 Å². The molecular weight excluding hydrogens is 471 g/mol. The fourth-order valence-electron chi connectivity index (χ4n) is 4.18. The predicted molar refractivity (Wildman–Crippen MR) is 128 cm³/mol. The SMILES string of the molecule is COc1cccc(OCC(=O)N2CCO[C@@](COc3ccc(F)cc3)(CC(=O)N3CCOCC3)C2)c1. The average Bonchev–Trinajstić information content (AvgIpc) is 2.92. The van der Waals surface area contributed by atoms with Crippen molar-refractivity contribution in [1.82, 2.24) is 9.80 Å². The third-order valence-corrected chi connectivity index (χ3v) is 6.16. The maximum atomic E-state index is 13.3. The summed E-state index contributed by atoms with van der Waals surface area (Å²) in [7, 11) is 1.56. The molecule has 2 saturated heterocycles. The zero-order chi connectivity index (χ0) is 25.4. The lowest BCUT2D eigenvalue weighted by molar-refractivity contribution is -0.168. The highest BCUT2D eigenvalue weighted by molar-refractivity contribution is 5.79. The van der Waals surface area contributed by atoms with Crippen LogP contribution in [-0.2, 0) is 19.1 Å². The van der Waals surface area contributed by atoms with Gasteiger partial charge in [0.2, 0.25) is 5.91 Å². The Kier molecular flexibility index (Phi) is 8.61. The van der Waals surface area contributed by atoms with Crippen molar-refractivity contribution in [2.45, 2.75) is 12.0 Å². The molecule has 0 N–H and O–H groups in total. The van der Waals surface area contributed by atoms with Gasteiger partial charge in [0.25, 0.3) is 5.91 Å². The molecule has 2 aromatic rings. The first-order valence-corrected chi connectivity index (χ1v) is 11.9. The van der Waals surface area contributed by atoms with E-state index in [1.807, 2.05) is 0 Å². The number of ether oxygens (including phenoxy) is 5. The molecule has 0 unspecified atom stereocenters. The third-order valence-electron chi connectivity index (χ3n) is 6.16. The standard InChI is InChI=1S/C26H31FN2O7/c1-32-22-3-2-4-23(15-22)34-17-25(31)29-11-14-36-26(18-29,16-24(30)28-9-12-33-13-10-28)19-35-21-7-5-20(27)6-8-21/h2-8,15H,9-14,16-19H2,1H3/t26-/m0/s1. The van der Waals surface area contributed by atoms with Crippen LogP contribution in [0.4, 0.5) is 4.39 Å². The minimum Gasteiger partial charge on any atom is -0.497 e. The van der Waals surface area contributed by atoms with Gasteiger partial charge in [-0.1, -0.05) is 6.07 Å². The van der Waals surface area contributed by atoms with Gasteiger partial charge >= 0.3 is 0 Å². The molecule has 0 aliphatic carbocycles. The monoisotopic (exact) mass is 502 g/mol. The average molecular weight is 503 g/mol. The van der Waals surface area contributed by atoms with Gasteiger partial charge in [0.1, 0.15) is 35.3 Å². The van der Waals surface area contributed by atoms with E-state index >= 15 is 0 Å². The first kappa shape index (κ1) is 25.7. The molecular formula is C26H31FN2O7. The maximum Gasteiger partial charge on any atom is 0.260 e. The van der Waals surface area contributed by atoms with Crippen LogP contribution in [0, 0.1) is 5.82 Å². The molecule has 0 saturated carbocycles. The van der Waals surface area contributed by atoms with Gasteiger partial charge in [0.05, 0.1) is 39.9 Å². The number of carbonyl (C=O) groups excluding carboxylic acids is 2. The Bertz CT molecular complexity index is 1030. The second kappa shape index (κ2) is 12.0. The molecule has 194 valence electrons. The lowest BCUT2D eigenvalue weighted by Crippen LogP contribution is -2.59. The van der Waals surface area contributed by atoms with E-state index in [9.17, 15) is 14.0 Å². The topological polar surface area (TPSA) is 86.8 Å². The normalized spacial score (nSPS) is 20.1. The Morgan fingerprint density at radius 2 is 1.64 bits per heavy atom. The smallest absolute Gasteiger partial charge is 0.260 e. The van der Waals surface area contributed by atoms with Crippen molar-refractivity contribution >= 4 is 11.8 Å². The third kappa shape index (κ3) is 6.86. The highest BCUT2D eigenvalue weighted by Gasteiger charge is 2.42. The van der Waals surface area contributed by atoms with Gasteiger partial charge in [0.15, 0.2) is 6.61 Å². The predicted octanol–water partition coefficient (Wildman–Crippen LogP) is 2.14. The van der Waals surface area contributed by atoms with Crippen LogP contribution in [0.5, 0.6) is 17.2 Å². The van der Waals surface area contributed by atoms with Gasteiger partial charge in [0, 0.05) is 25.7 Å². The van der Waals surface area contributed by atoms with Crippen molar-refractivity contribution in [1.29, 1.82) is 0 Å². The summed E-state index contributed by atoms with van der Waals surface area (Å²) in [5.41, 5.74) is -1.06. The summed E-state index contributed by atoms with van der Waals surface area (Å²) in [5, 5.41) is 0. The Labute approximate surface area is 209 Å². The summed E-state index contributed by atoms with van der Waals surface area (Å²) in [6.07, 6.45) is 0.0364. The van der Waals surface area contributed by atoms with Crippen LogP contribution in [0.15, 0.2) is 48.5 Å². The molecule has 1 atom stereocenters. The lowest BCUT2D eigenvalue weighted by atomic mass is 9.96. The summed E-state index contributed by atoms with van der Waals surface area (Å²) in [4.78, 5) is 29.5. The fraction of sp³-hybridized carbons (Fsp3) is 0.462. The fourth-order valence-corrected chi connectivity index (χ4v) is 4.18. The number of morpholine rings is 2. The number of halogens is 1. The van der Waals surface area contributed by atoms with Gasteiger partial charge in [-0.3, -0.25) is 9.59 Å². The van der Waals surface area contributed by atoms with Crippen LogP contribution < -0.4 is 14.2 Å².